The molecule has 0 saturated carbocycles. The van der Waals surface area contributed by atoms with E-state index in [2.05, 4.69) is 34.7 Å². The van der Waals surface area contributed by atoms with Crippen molar-refractivity contribution in [2.24, 2.45) is 5.92 Å². The number of hydrogen-bond donors (Lipinski definition) is 1. The molecule has 1 aromatic carbocycles. The minimum absolute atomic E-state index is 0.0333. The molecule has 7 nitrogen and oxygen atoms in total. The summed E-state index contributed by atoms with van der Waals surface area (Å²) in [5, 5.41) is 15.2. The SMILES string of the molecule is COc1ccccc1CCNC(=O)CSc1nnnn1CC(C)C. The quantitative estimate of drug-likeness (QED) is 0.695. The summed E-state index contributed by atoms with van der Waals surface area (Å²) in [5.41, 5.74) is 1.08. The van der Waals surface area contributed by atoms with Gasteiger partial charge in [0, 0.05) is 13.1 Å². The number of thioether (sulfide) groups is 1. The van der Waals surface area contributed by atoms with Crippen molar-refractivity contribution in [2.45, 2.75) is 32.0 Å². The van der Waals surface area contributed by atoms with E-state index in [1.807, 2.05) is 24.3 Å². The van der Waals surface area contributed by atoms with Crippen LogP contribution >= 0.6 is 11.8 Å². The van der Waals surface area contributed by atoms with Crippen molar-refractivity contribution in [1.82, 2.24) is 25.5 Å². The molecule has 0 unspecified atom stereocenters. The van der Waals surface area contributed by atoms with Gasteiger partial charge in [-0.05, 0) is 34.4 Å². The molecule has 0 aliphatic carbocycles. The van der Waals surface area contributed by atoms with Crippen molar-refractivity contribution in [3.8, 4) is 5.75 Å². The summed E-state index contributed by atoms with van der Waals surface area (Å²) in [5.74, 6) is 1.55. The molecule has 130 valence electrons. The van der Waals surface area contributed by atoms with Gasteiger partial charge in [0.25, 0.3) is 0 Å². The summed E-state index contributed by atoms with van der Waals surface area (Å²) in [6.07, 6.45) is 0.728. The Bertz CT molecular complexity index is 659. The highest BCUT2D eigenvalue weighted by atomic mass is 32.2. The molecule has 1 aromatic heterocycles. The summed E-state index contributed by atoms with van der Waals surface area (Å²) in [4.78, 5) is 12.0. The van der Waals surface area contributed by atoms with E-state index in [1.165, 1.54) is 11.8 Å². The van der Waals surface area contributed by atoms with Crippen LogP contribution in [0, 0.1) is 5.92 Å². The number of tetrazole rings is 1. The van der Waals surface area contributed by atoms with Crippen molar-refractivity contribution in [1.29, 1.82) is 0 Å². The highest BCUT2D eigenvalue weighted by molar-refractivity contribution is 7.99. The van der Waals surface area contributed by atoms with Crippen LogP contribution in [0.4, 0.5) is 0 Å². The molecular weight excluding hydrogens is 326 g/mol. The molecule has 0 aliphatic rings. The lowest BCUT2D eigenvalue weighted by Gasteiger charge is -2.09. The topological polar surface area (TPSA) is 81.9 Å². The lowest BCUT2D eigenvalue weighted by molar-refractivity contribution is -0.118. The van der Waals surface area contributed by atoms with Gasteiger partial charge in [0.05, 0.1) is 12.9 Å². The molecule has 0 fully saturated rings. The summed E-state index contributed by atoms with van der Waals surface area (Å²) >= 11 is 1.35. The fourth-order valence-electron chi connectivity index (χ4n) is 2.19. The standard InChI is InChI=1S/C16H23N5O2S/c1-12(2)10-21-16(18-19-20-21)24-11-15(22)17-9-8-13-6-4-5-7-14(13)23-3/h4-7,12H,8-11H2,1-3H3,(H,17,22). The van der Waals surface area contributed by atoms with Crippen LogP contribution in [-0.4, -0.2) is 45.5 Å². The van der Waals surface area contributed by atoms with Gasteiger partial charge in [-0.2, -0.15) is 0 Å². The van der Waals surface area contributed by atoms with Crippen LogP contribution in [0.15, 0.2) is 29.4 Å². The number of amides is 1. The largest absolute Gasteiger partial charge is 0.496 e. The van der Waals surface area contributed by atoms with Gasteiger partial charge in [-0.1, -0.05) is 43.8 Å². The maximum atomic E-state index is 12.0. The maximum Gasteiger partial charge on any atom is 0.230 e. The zero-order chi connectivity index (χ0) is 17.4. The Morgan fingerprint density at radius 1 is 1.38 bits per heavy atom. The number of carbonyl (C=O) groups excluding carboxylic acids is 1. The smallest absolute Gasteiger partial charge is 0.230 e. The molecule has 8 heteroatoms. The predicted molar refractivity (Wildman–Crippen MR) is 93.1 cm³/mol. The van der Waals surface area contributed by atoms with Gasteiger partial charge in [0.1, 0.15) is 5.75 Å². The Morgan fingerprint density at radius 3 is 2.92 bits per heavy atom. The molecule has 2 aromatic rings. The van der Waals surface area contributed by atoms with Gasteiger partial charge in [0.15, 0.2) is 0 Å². The Labute approximate surface area is 146 Å². The van der Waals surface area contributed by atoms with Crippen LogP contribution in [0.5, 0.6) is 5.75 Å². The van der Waals surface area contributed by atoms with Crippen LogP contribution in [-0.2, 0) is 17.8 Å². The minimum atomic E-state index is -0.0333. The number of benzene rings is 1. The van der Waals surface area contributed by atoms with Crippen molar-refractivity contribution in [2.75, 3.05) is 19.4 Å². The first kappa shape index (κ1) is 18.3. The van der Waals surface area contributed by atoms with Crippen molar-refractivity contribution in [3.05, 3.63) is 29.8 Å². The number of aromatic nitrogens is 4. The summed E-state index contributed by atoms with van der Waals surface area (Å²) in [7, 11) is 1.65. The first-order chi connectivity index (χ1) is 11.6. The second-order valence-corrected chi connectivity index (χ2v) is 6.68. The van der Waals surface area contributed by atoms with Gasteiger partial charge >= 0.3 is 0 Å². The van der Waals surface area contributed by atoms with E-state index in [4.69, 9.17) is 4.74 Å². The average molecular weight is 349 g/mol. The van der Waals surface area contributed by atoms with E-state index in [-0.39, 0.29) is 5.91 Å². The number of hydrogen-bond acceptors (Lipinski definition) is 6. The molecule has 0 atom stereocenters. The van der Waals surface area contributed by atoms with Gasteiger partial charge in [-0.3, -0.25) is 4.79 Å². The zero-order valence-corrected chi connectivity index (χ0v) is 15.0. The first-order valence-corrected chi connectivity index (χ1v) is 8.86. The van der Waals surface area contributed by atoms with Gasteiger partial charge in [0.2, 0.25) is 11.1 Å². The second-order valence-electron chi connectivity index (χ2n) is 5.74. The van der Waals surface area contributed by atoms with Crippen LogP contribution in [0.3, 0.4) is 0 Å². The van der Waals surface area contributed by atoms with E-state index < -0.39 is 0 Å². The summed E-state index contributed by atoms with van der Waals surface area (Å²) in [6, 6.07) is 7.81. The van der Waals surface area contributed by atoms with E-state index >= 15 is 0 Å². The maximum absolute atomic E-state index is 12.0. The number of methoxy groups -OCH3 is 1. The minimum Gasteiger partial charge on any atom is -0.496 e. The fourth-order valence-corrected chi connectivity index (χ4v) is 2.90. The lowest BCUT2D eigenvalue weighted by atomic mass is 10.1. The predicted octanol–water partition coefficient (Wildman–Crippen LogP) is 1.79. The fraction of sp³-hybridized carbons (Fsp3) is 0.500. The molecule has 0 saturated heterocycles. The molecule has 1 N–H and O–H groups in total. The number of nitrogens with zero attached hydrogens (tertiary/aromatic N) is 4. The van der Waals surface area contributed by atoms with Crippen LogP contribution < -0.4 is 10.1 Å². The number of para-hydroxylation sites is 1. The monoisotopic (exact) mass is 349 g/mol. The third-order valence-electron chi connectivity index (χ3n) is 3.28. The zero-order valence-electron chi connectivity index (χ0n) is 14.2. The number of ether oxygens (including phenoxy) is 1. The normalized spacial score (nSPS) is 10.8. The highest BCUT2D eigenvalue weighted by Gasteiger charge is 2.11. The van der Waals surface area contributed by atoms with Crippen LogP contribution in [0.25, 0.3) is 0 Å². The van der Waals surface area contributed by atoms with E-state index in [0.29, 0.717) is 23.4 Å². The number of carbonyl (C=O) groups is 1. The molecule has 1 heterocycles. The first-order valence-electron chi connectivity index (χ1n) is 7.87. The lowest BCUT2D eigenvalue weighted by Crippen LogP contribution is -2.27. The number of rotatable bonds is 9. The Kier molecular flexibility index (Phi) is 7.05. The molecule has 24 heavy (non-hydrogen) atoms. The van der Waals surface area contributed by atoms with Crippen LogP contribution in [0.1, 0.15) is 19.4 Å². The van der Waals surface area contributed by atoms with Gasteiger partial charge < -0.3 is 10.1 Å². The number of nitrogens with one attached hydrogen (secondary N) is 1. The van der Waals surface area contributed by atoms with Crippen molar-refractivity contribution >= 4 is 17.7 Å². The third-order valence-corrected chi connectivity index (χ3v) is 4.24. The Balaban J connectivity index is 1.75. The van der Waals surface area contributed by atoms with Gasteiger partial charge in [-0.25, -0.2) is 4.68 Å². The van der Waals surface area contributed by atoms with E-state index in [0.717, 1.165) is 24.3 Å². The Morgan fingerprint density at radius 2 is 2.17 bits per heavy atom. The molecule has 2 rings (SSSR count). The molecular formula is C16H23N5O2S. The summed E-state index contributed by atoms with van der Waals surface area (Å²) < 4.78 is 7.04. The van der Waals surface area contributed by atoms with Crippen molar-refractivity contribution < 1.29 is 9.53 Å². The van der Waals surface area contributed by atoms with Crippen LogP contribution in [0.2, 0.25) is 0 Å². The third kappa shape index (κ3) is 5.52. The second kappa shape index (κ2) is 9.27. The van der Waals surface area contributed by atoms with Crippen molar-refractivity contribution in [3.63, 3.8) is 0 Å². The highest BCUT2D eigenvalue weighted by Crippen LogP contribution is 2.17. The summed E-state index contributed by atoms with van der Waals surface area (Å²) in [6.45, 7) is 5.50. The van der Waals surface area contributed by atoms with E-state index in [1.54, 1.807) is 11.8 Å². The van der Waals surface area contributed by atoms with Gasteiger partial charge in [-0.15, -0.1) is 5.10 Å². The molecule has 0 bridgehead atoms. The average Bonchev–Trinajstić information content (AvgIpc) is 2.99. The van der Waals surface area contributed by atoms with E-state index in [9.17, 15) is 4.79 Å². The molecule has 0 spiro atoms. The molecule has 0 aliphatic heterocycles. The molecule has 0 radical (unpaired) electrons. The Hall–Kier alpha value is -2.09. The molecule has 1 amide bonds.